The summed E-state index contributed by atoms with van der Waals surface area (Å²) >= 11 is 0. The van der Waals surface area contributed by atoms with Crippen molar-refractivity contribution in [2.75, 3.05) is 21.2 Å². The zero-order valence-electron chi connectivity index (χ0n) is 19.5. The molecule has 35 heavy (non-hydrogen) atoms. The van der Waals surface area contributed by atoms with Crippen LogP contribution >= 0.6 is 0 Å². The molecule has 4 aliphatic rings. The van der Waals surface area contributed by atoms with E-state index in [2.05, 4.69) is 5.32 Å². The highest BCUT2D eigenvalue weighted by Gasteiger charge is 2.63. The number of nitrogens with one attached hydrogen (secondary N) is 1. The van der Waals surface area contributed by atoms with Crippen LogP contribution in [0.15, 0.2) is 22.7 Å². The van der Waals surface area contributed by atoms with Crippen LogP contribution in [0.2, 0.25) is 0 Å². The molecule has 1 aromatic rings. The van der Waals surface area contributed by atoms with Gasteiger partial charge in [-0.25, -0.2) is 0 Å². The Morgan fingerprint density at radius 3 is 2.40 bits per heavy atom. The number of hydrogen-bond donors (Lipinski definition) is 6. The summed E-state index contributed by atoms with van der Waals surface area (Å²) in [6.45, 7) is 0.786. The van der Waals surface area contributed by atoms with Crippen molar-refractivity contribution in [3.63, 3.8) is 0 Å². The van der Waals surface area contributed by atoms with Gasteiger partial charge in [-0.15, -0.1) is 0 Å². The van der Waals surface area contributed by atoms with E-state index in [1.165, 1.54) is 12.0 Å². The van der Waals surface area contributed by atoms with Gasteiger partial charge in [-0.2, -0.15) is 0 Å². The number of phenolic OH excluding ortho intramolecular Hbond substituents is 1. The lowest BCUT2D eigenvalue weighted by molar-refractivity contribution is -0.148. The minimum absolute atomic E-state index is 0.0328. The number of hydrogen-bond acceptors (Lipinski definition) is 10. The van der Waals surface area contributed by atoms with Crippen molar-refractivity contribution in [1.82, 2.24) is 10.2 Å². The monoisotopic (exact) mass is 485 g/mol. The van der Waals surface area contributed by atoms with Gasteiger partial charge in [0.2, 0.25) is 5.78 Å². The second-order valence-corrected chi connectivity index (χ2v) is 9.76. The van der Waals surface area contributed by atoms with Crippen molar-refractivity contribution < 1.29 is 39.5 Å². The fraction of sp³-hybridized carbons (Fsp3) is 0.458. The lowest BCUT2D eigenvalue weighted by Crippen LogP contribution is -2.63. The molecule has 0 saturated heterocycles. The van der Waals surface area contributed by atoms with Gasteiger partial charge in [0, 0.05) is 41.3 Å². The van der Waals surface area contributed by atoms with Crippen LogP contribution in [-0.4, -0.2) is 75.6 Å². The summed E-state index contributed by atoms with van der Waals surface area (Å²) in [5.74, 6) is -6.16. The Balaban J connectivity index is 1.75. The average molecular weight is 485 g/mol. The van der Waals surface area contributed by atoms with E-state index in [1.807, 2.05) is 0 Å². The molecule has 1 aliphatic heterocycles. The van der Waals surface area contributed by atoms with E-state index < -0.39 is 58.0 Å². The number of aliphatic hydroxyl groups excluding tert-OH is 2. The molecule has 0 fully saturated rings. The first kappa shape index (κ1) is 23.3. The number of ether oxygens (including phenoxy) is 1. The Morgan fingerprint density at radius 2 is 1.80 bits per heavy atom. The third kappa shape index (κ3) is 2.79. The van der Waals surface area contributed by atoms with Crippen LogP contribution in [0.3, 0.4) is 0 Å². The lowest BCUT2D eigenvalue weighted by atomic mass is 9.58. The molecule has 1 aromatic carbocycles. The number of nitrogens with two attached hydrogens (primary N) is 1. The Morgan fingerprint density at radius 1 is 1.14 bits per heavy atom. The van der Waals surface area contributed by atoms with Crippen LogP contribution in [0.4, 0.5) is 0 Å². The molecule has 0 unspecified atom stereocenters. The molecule has 1 amide bonds. The maximum atomic E-state index is 13.7. The van der Waals surface area contributed by atoms with Gasteiger partial charge in [0.05, 0.1) is 18.7 Å². The minimum atomic E-state index is -2.65. The van der Waals surface area contributed by atoms with Crippen molar-refractivity contribution in [3.05, 3.63) is 44.9 Å². The van der Waals surface area contributed by atoms with E-state index in [-0.39, 0.29) is 29.7 Å². The van der Waals surface area contributed by atoms with Gasteiger partial charge in [0.15, 0.2) is 11.4 Å². The molecule has 3 aliphatic carbocycles. The molecule has 186 valence electrons. The average Bonchev–Trinajstić information content (AvgIpc) is 3.26. The Bertz CT molecular complexity index is 1280. The fourth-order valence-electron chi connectivity index (χ4n) is 6.39. The number of carbonyl (C=O) groups excluding carboxylic acids is 3. The number of Topliss-reactive ketones (excluding diaryl/α,β-unsaturated/α-hetero) is 2. The highest BCUT2D eigenvalue weighted by atomic mass is 16.5. The van der Waals surface area contributed by atoms with Gasteiger partial charge < -0.3 is 36.2 Å². The first-order chi connectivity index (χ1) is 16.5. The number of amides is 1. The van der Waals surface area contributed by atoms with Crippen molar-refractivity contribution >= 4 is 17.5 Å². The Hall–Kier alpha value is -3.41. The number of allylic oxidation sites excluding steroid dienone is 1. The molecule has 7 N–H and O–H groups in total. The number of likely N-dealkylation sites (N-methyl/N-ethyl adjacent to an activating group) is 1. The van der Waals surface area contributed by atoms with Crippen molar-refractivity contribution in [1.29, 1.82) is 0 Å². The summed E-state index contributed by atoms with van der Waals surface area (Å²) in [4.78, 5) is 40.6. The van der Waals surface area contributed by atoms with Gasteiger partial charge >= 0.3 is 0 Å². The normalized spacial score (nSPS) is 29.7. The zero-order valence-corrected chi connectivity index (χ0v) is 19.5. The van der Waals surface area contributed by atoms with Crippen LogP contribution in [0, 0.1) is 11.8 Å². The SMILES string of the molecule is COc1c2c(c(O)c3c1C[C@H]1C[C@H]4[C@H](N(C)C)C(O)=C(C(N)=O)C(=O)[C@@]4(O)C(O)=C1C3=O)CNC2. The smallest absolute Gasteiger partial charge is 0.255 e. The van der Waals surface area contributed by atoms with E-state index >= 15 is 0 Å². The molecule has 11 nitrogen and oxygen atoms in total. The van der Waals surface area contributed by atoms with Crippen LogP contribution in [0.5, 0.6) is 11.5 Å². The first-order valence-corrected chi connectivity index (χ1v) is 11.3. The second kappa shape index (κ2) is 7.54. The first-order valence-electron chi connectivity index (χ1n) is 11.3. The van der Waals surface area contributed by atoms with E-state index in [0.717, 1.165) is 5.56 Å². The predicted octanol–water partition coefficient (Wildman–Crippen LogP) is -0.268. The maximum absolute atomic E-state index is 13.7. The van der Waals surface area contributed by atoms with E-state index in [1.54, 1.807) is 14.1 Å². The zero-order chi connectivity index (χ0) is 25.6. The highest BCUT2D eigenvalue weighted by Crippen LogP contribution is 2.54. The van der Waals surface area contributed by atoms with Gasteiger partial charge in [-0.1, -0.05) is 0 Å². The number of benzene rings is 1. The van der Waals surface area contributed by atoms with Gasteiger partial charge in [0.1, 0.15) is 28.6 Å². The standard InChI is InChI=1S/C24H27N3O8/c1-27(2)16-12-5-8-4-9-14(17(28)10-6-26-7-11(10)20(9)35-3)18(29)13(8)21(31)24(12,34)22(32)15(19(16)30)23(25)33/h8,12,16,26,28,30-31,34H,4-7H2,1-3H3,(H2,25,33)/t8-,12-,16-,24-/m0/s1. The summed E-state index contributed by atoms with van der Waals surface area (Å²) in [5, 5.41) is 47.8. The number of primary amides is 1. The van der Waals surface area contributed by atoms with Crippen LogP contribution < -0.4 is 15.8 Å². The quantitative estimate of drug-likeness (QED) is 0.312. The van der Waals surface area contributed by atoms with Crippen LogP contribution in [0.25, 0.3) is 0 Å². The molecule has 1 heterocycles. The number of fused-ring (bicyclic) bond motifs is 4. The van der Waals surface area contributed by atoms with Crippen LogP contribution in [0.1, 0.15) is 33.5 Å². The summed E-state index contributed by atoms with van der Waals surface area (Å²) in [6.07, 6.45) is 0.226. The number of methoxy groups -OCH3 is 1. The summed E-state index contributed by atoms with van der Waals surface area (Å²) in [6, 6.07) is -1.03. The molecule has 0 spiro atoms. The lowest BCUT2D eigenvalue weighted by Gasteiger charge is -2.50. The van der Waals surface area contributed by atoms with Gasteiger partial charge in [-0.3, -0.25) is 19.3 Å². The van der Waals surface area contributed by atoms with Crippen molar-refractivity contribution in [2.45, 2.75) is 37.6 Å². The molecule has 0 bridgehead atoms. The maximum Gasteiger partial charge on any atom is 0.255 e. The van der Waals surface area contributed by atoms with E-state index in [9.17, 15) is 34.8 Å². The third-order valence-electron chi connectivity index (χ3n) is 7.86. The Labute approximate surface area is 200 Å². The van der Waals surface area contributed by atoms with Crippen LogP contribution in [-0.2, 0) is 29.1 Å². The van der Waals surface area contributed by atoms with E-state index in [4.69, 9.17) is 10.5 Å². The molecule has 5 rings (SSSR count). The summed E-state index contributed by atoms with van der Waals surface area (Å²) in [7, 11) is 4.66. The number of aromatic hydroxyl groups is 1. The van der Waals surface area contributed by atoms with Gasteiger partial charge in [0.25, 0.3) is 5.91 Å². The number of nitrogens with zero attached hydrogens (tertiary/aromatic N) is 1. The molecule has 4 atom stereocenters. The topological polar surface area (TPSA) is 183 Å². The van der Waals surface area contributed by atoms with E-state index in [0.29, 0.717) is 30.0 Å². The van der Waals surface area contributed by atoms with Crippen molar-refractivity contribution in [3.8, 4) is 11.5 Å². The third-order valence-corrected chi connectivity index (χ3v) is 7.86. The largest absolute Gasteiger partial charge is 0.510 e. The van der Waals surface area contributed by atoms with Crippen molar-refractivity contribution in [2.24, 2.45) is 17.6 Å². The molecular weight excluding hydrogens is 458 g/mol. The highest BCUT2D eigenvalue weighted by molar-refractivity contribution is 6.24. The number of carbonyl (C=O) groups is 3. The molecule has 0 radical (unpaired) electrons. The molecular formula is C24H27N3O8. The number of ketones is 2. The number of phenols is 1. The second-order valence-electron chi connectivity index (χ2n) is 9.76. The minimum Gasteiger partial charge on any atom is -0.510 e. The molecule has 0 saturated carbocycles. The molecule has 11 heteroatoms. The summed E-state index contributed by atoms with van der Waals surface area (Å²) in [5.41, 5.74) is 3.40. The fourth-order valence-corrected chi connectivity index (χ4v) is 6.39. The number of aliphatic hydroxyl groups is 3. The Kier molecular flexibility index (Phi) is 5.03. The number of rotatable bonds is 3. The van der Waals surface area contributed by atoms with Gasteiger partial charge in [-0.05, 0) is 32.9 Å². The molecule has 0 aromatic heterocycles. The predicted molar refractivity (Wildman–Crippen MR) is 121 cm³/mol. The summed E-state index contributed by atoms with van der Waals surface area (Å²) < 4.78 is 5.63.